The highest BCUT2D eigenvalue weighted by molar-refractivity contribution is 5.89. The third kappa shape index (κ3) is 4.14. The molecule has 1 aliphatic heterocycles. The number of halogens is 1. The first-order valence-electron chi connectivity index (χ1n) is 9.72. The van der Waals surface area contributed by atoms with Gasteiger partial charge in [0.15, 0.2) is 5.69 Å². The Bertz CT molecular complexity index is 1210. The lowest BCUT2D eigenvalue weighted by molar-refractivity contribution is 0.0822. The molecule has 1 saturated heterocycles. The summed E-state index contributed by atoms with van der Waals surface area (Å²) < 4.78 is 25.5. The van der Waals surface area contributed by atoms with E-state index in [9.17, 15) is 18.8 Å². The maximum atomic E-state index is 13.3. The van der Waals surface area contributed by atoms with Gasteiger partial charge in [0.25, 0.3) is 5.56 Å². The summed E-state index contributed by atoms with van der Waals surface area (Å²) in [6, 6.07) is 5.01. The highest BCUT2D eigenvalue weighted by atomic mass is 19.1. The van der Waals surface area contributed by atoms with Gasteiger partial charge in [-0.1, -0.05) is 5.16 Å². The van der Waals surface area contributed by atoms with Gasteiger partial charge in [0.05, 0.1) is 11.8 Å². The van der Waals surface area contributed by atoms with E-state index in [1.165, 1.54) is 12.1 Å². The summed E-state index contributed by atoms with van der Waals surface area (Å²) in [5, 5.41) is 10.4. The van der Waals surface area contributed by atoms with Crippen LogP contribution in [0.1, 0.15) is 30.5 Å². The molecule has 31 heavy (non-hydrogen) atoms. The van der Waals surface area contributed by atoms with Gasteiger partial charge in [-0.3, -0.25) is 14.2 Å². The van der Waals surface area contributed by atoms with E-state index in [0.29, 0.717) is 13.2 Å². The van der Waals surface area contributed by atoms with Crippen molar-refractivity contribution in [2.75, 3.05) is 13.2 Å². The third-order valence-corrected chi connectivity index (χ3v) is 4.79. The minimum absolute atomic E-state index is 0.0565. The van der Waals surface area contributed by atoms with E-state index >= 15 is 0 Å². The monoisotopic (exact) mass is 430 g/mol. The summed E-state index contributed by atoms with van der Waals surface area (Å²) in [5.41, 5.74) is -1.49. The first-order valence-corrected chi connectivity index (χ1v) is 9.72. The summed E-state index contributed by atoms with van der Waals surface area (Å²) >= 11 is 0. The van der Waals surface area contributed by atoms with Crippen molar-refractivity contribution in [3.05, 3.63) is 56.8 Å². The Morgan fingerprint density at radius 2 is 2.06 bits per heavy atom. The zero-order chi connectivity index (χ0) is 22.0. The average molecular weight is 430 g/mol. The Morgan fingerprint density at radius 3 is 2.74 bits per heavy atom. The molecular formula is C19H19FN6O5. The number of ether oxygens (including phenoxy) is 1. The lowest BCUT2D eigenvalue weighted by Gasteiger charge is -2.09. The molecule has 4 rings (SSSR count). The molecule has 1 N–H and O–H groups in total. The Labute approximate surface area is 174 Å². The second-order valence-electron chi connectivity index (χ2n) is 6.84. The van der Waals surface area contributed by atoms with Crippen LogP contribution in [0.25, 0.3) is 17.2 Å². The van der Waals surface area contributed by atoms with Crippen molar-refractivity contribution in [2.45, 2.75) is 32.4 Å². The molecule has 162 valence electrons. The van der Waals surface area contributed by atoms with Gasteiger partial charge in [-0.05, 0) is 44.0 Å². The molecule has 1 atom stereocenters. The fraction of sp³-hybridized carbons (Fsp3) is 0.368. The van der Waals surface area contributed by atoms with Gasteiger partial charge in [0.2, 0.25) is 5.82 Å². The van der Waals surface area contributed by atoms with Crippen molar-refractivity contribution in [1.82, 2.24) is 29.8 Å². The fourth-order valence-electron chi connectivity index (χ4n) is 3.18. The van der Waals surface area contributed by atoms with Crippen LogP contribution in [0.15, 0.2) is 38.4 Å². The quantitative estimate of drug-likeness (QED) is 0.598. The Morgan fingerprint density at radius 1 is 1.29 bits per heavy atom. The van der Waals surface area contributed by atoms with E-state index in [4.69, 9.17) is 9.26 Å². The molecule has 1 aromatic carbocycles. The van der Waals surface area contributed by atoms with Crippen LogP contribution in [-0.4, -0.2) is 49.7 Å². The van der Waals surface area contributed by atoms with Crippen molar-refractivity contribution in [1.29, 1.82) is 0 Å². The number of aromatic nitrogens is 5. The molecule has 1 unspecified atom stereocenters. The van der Waals surface area contributed by atoms with Crippen LogP contribution in [0.3, 0.4) is 0 Å². The third-order valence-electron chi connectivity index (χ3n) is 4.79. The van der Waals surface area contributed by atoms with Crippen molar-refractivity contribution >= 4 is 5.91 Å². The van der Waals surface area contributed by atoms with Crippen LogP contribution in [0.5, 0.6) is 0 Å². The second kappa shape index (κ2) is 8.60. The fourth-order valence-corrected chi connectivity index (χ4v) is 3.18. The van der Waals surface area contributed by atoms with E-state index in [2.05, 4.69) is 20.6 Å². The minimum atomic E-state index is -0.738. The number of carbonyl (C=O) groups is 1. The van der Waals surface area contributed by atoms with Crippen LogP contribution in [0.4, 0.5) is 4.39 Å². The molecule has 0 radical (unpaired) electrons. The molecule has 12 heteroatoms. The smallest absolute Gasteiger partial charge is 0.352 e. The summed E-state index contributed by atoms with van der Waals surface area (Å²) in [4.78, 5) is 41.6. The summed E-state index contributed by atoms with van der Waals surface area (Å²) in [5.74, 6) is -1.70. The van der Waals surface area contributed by atoms with Crippen LogP contribution in [-0.2, 0) is 11.3 Å². The maximum Gasteiger partial charge on any atom is 0.352 e. The molecule has 0 spiro atoms. The number of rotatable bonds is 6. The highest BCUT2D eigenvalue weighted by Crippen LogP contribution is 2.12. The molecule has 1 amide bonds. The maximum absolute atomic E-state index is 13.3. The lowest BCUT2D eigenvalue weighted by atomic mass is 10.2. The van der Waals surface area contributed by atoms with Gasteiger partial charge in [-0.15, -0.1) is 0 Å². The largest absolute Gasteiger partial charge is 0.376 e. The van der Waals surface area contributed by atoms with E-state index in [1.807, 2.05) is 0 Å². The molecule has 3 heterocycles. The second-order valence-corrected chi connectivity index (χ2v) is 6.84. The normalized spacial score (nSPS) is 15.9. The van der Waals surface area contributed by atoms with Crippen LogP contribution in [0, 0.1) is 5.82 Å². The van der Waals surface area contributed by atoms with Crippen LogP contribution in [0.2, 0.25) is 0 Å². The van der Waals surface area contributed by atoms with Gasteiger partial charge in [0.1, 0.15) is 5.82 Å². The van der Waals surface area contributed by atoms with Crippen LogP contribution >= 0.6 is 0 Å². The Balaban J connectivity index is 1.67. The average Bonchev–Trinajstić information content (AvgIpc) is 3.46. The zero-order valence-electron chi connectivity index (χ0n) is 16.6. The van der Waals surface area contributed by atoms with Crippen molar-refractivity contribution in [3.63, 3.8) is 0 Å². The molecule has 1 fully saturated rings. The molecule has 2 aromatic heterocycles. The van der Waals surface area contributed by atoms with Crippen molar-refractivity contribution in [3.8, 4) is 17.2 Å². The summed E-state index contributed by atoms with van der Waals surface area (Å²) in [7, 11) is 0. The van der Waals surface area contributed by atoms with E-state index < -0.39 is 23.0 Å². The highest BCUT2D eigenvalue weighted by Gasteiger charge is 2.23. The van der Waals surface area contributed by atoms with Gasteiger partial charge < -0.3 is 14.6 Å². The van der Waals surface area contributed by atoms with Gasteiger partial charge in [0, 0.05) is 19.7 Å². The number of carbonyl (C=O) groups excluding carboxylic acids is 1. The van der Waals surface area contributed by atoms with Crippen molar-refractivity contribution < 1.29 is 18.4 Å². The lowest BCUT2D eigenvalue weighted by Crippen LogP contribution is -2.41. The topological polar surface area (TPSA) is 134 Å². The number of hydrogen-bond donors (Lipinski definition) is 1. The number of hydrogen-bond acceptors (Lipinski definition) is 8. The minimum Gasteiger partial charge on any atom is -0.376 e. The molecule has 11 nitrogen and oxygen atoms in total. The van der Waals surface area contributed by atoms with E-state index in [-0.39, 0.29) is 35.7 Å². The SMILES string of the molecule is CCn1c(=O)c(-c2noc(C(=O)NCC3CCCO3)n2)nn(-c2ccc(F)cc2)c1=O. The van der Waals surface area contributed by atoms with Gasteiger partial charge >= 0.3 is 17.5 Å². The Kier molecular flexibility index (Phi) is 5.71. The van der Waals surface area contributed by atoms with Gasteiger partial charge in [-0.2, -0.15) is 14.8 Å². The zero-order valence-corrected chi connectivity index (χ0v) is 16.6. The first-order chi connectivity index (χ1) is 15.0. The number of nitrogens with zero attached hydrogens (tertiary/aromatic N) is 5. The molecule has 0 aliphatic carbocycles. The van der Waals surface area contributed by atoms with Crippen molar-refractivity contribution in [2.24, 2.45) is 0 Å². The predicted octanol–water partition coefficient (Wildman–Crippen LogP) is 0.512. The van der Waals surface area contributed by atoms with Crippen LogP contribution < -0.4 is 16.6 Å². The van der Waals surface area contributed by atoms with Gasteiger partial charge in [-0.25, -0.2) is 9.18 Å². The molecule has 1 aliphatic rings. The summed E-state index contributed by atoms with van der Waals surface area (Å²) in [6.07, 6.45) is 1.72. The number of nitrogens with one attached hydrogen (secondary N) is 1. The first kappa shape index (κ1) is 20.6. The number of amides is 1. The summed E-state index contributed by atoms with van der Waals surface area (Å²) in [6.45, 7) is 2.63. The van der Waals surface area contributed by atoms with E-state index in [0.717, 1.165) is 34.2 Å². The predicted molar refractivity (Wildman–Crippen MR) is 104 cm³/mol. The molecule has 3 aromatic rings. The molecule has 0 saturated carbocycles. The molecular weight excluding hydrogens is 411 g/mol. The Hall–Kier alpha value is -3.67. The number of benzene rings is 1. The van der Waals surface area contributed by atoms with E-state index in [1.54, 1.807) is 6.92 Å². The molecule has 0 bridgehead atoms. The standard InChI is InChI=1S/C19H19FN6O5/c1-2-25-18(28)14(23-26(19(25)29)12-7-5-11(20)6-8-12)15-22-17(31-24-15)16(27)21-10-13-4-3-9-30-13/h5-8,13H,2-4,9-10H2,1H3,(H,21,27).